The van der Waals surface area contributed by atoms with Gasteiger partial charge in [0.2, 0.25) is 5.95 Å². The summed E-state index contributed by atoms with van der Waals surface area (Å²) < 4.78 is 5.55. The van der Waals surface area contributed by atoms with Crippen molar-refractivity contribution in [1.29, 1.82) is 0 Å². The van der Waals surface area contributed by atoms with Gasteiger partial charge in [-0.05, 0) is 50.4 Å². The molecule has 7 nitrogen and oxygen atoms in total. The number of halogens is 2. The molecule has 1 aliphatic rings. The zero-order valence-corrected chi connectivity index (χ0v) is 19.6. The number of rotatable bonds is 7. The Labute approximate surface area is 198 Å². The van der Waals surface area contributed by atoms with Gasteiger partial charge in [-0.25, -0.2) is 4.98 Å². The minimum atomic E-state index is 0.411. The van der Waals surface area contributed by atoms with E-state index in [9.17, 15) is 0 Å². The molecule has 1 saturated heterocycles. The molecule has 9 heteroatoms. The summed E-state index contributed by atoms with van der Waals surface area (Å²) in [6.45, 7) is 6.66. The molecular weight excluding hydrogens is 447 g/mol. The quantitative estimate of drug-likeness (QED) is 0.475. The van der Waals surface area contributed by atoms with Crippen molar-refractivity contribution < 1.29 is 4.74 Å². The van der Waals surface area contributed by atoms with Gasteiger partial charge < -0.3 is 25.2 Å². The van der Waals surface area contributed by atoms with Crippen LogP contribution in [0.4, 0.5) is 28.8 Å². The van der Waals surface area contributed by atoms with Crippen LogP contribution in [0.3, 0.4) is 0 Å². The zero-order valence-electron chi connectivity index (χ0n) is 18.1. The number of nitrogens with one attached hydrogen (secondary N) is 2. The third kappa shape index (κ3) is 5.54. The van der Waals surface area contributed by atoms with Crippen LogP contribution < -0.4 is 20.3 Å². The third-order valence-electron chi connectivity index (χ3n) is 5.23. The summed E-state index contributed by atoms with van der Waals surface area (Å²) in [7, 11) is 2.16. The first-order valence-corrected chi connectivity index (χ1v) is 11.3. The monoisotopic (exact) mass is 472 g/mol. The maximum absolute atomic E-state index is 6.32. The molecule has 32 heavy (non-hydrogen) atoms. The van der Waals surface area contributed by atoms with Crippen molar-refractivity contribution in [3.05, 3.63) is 58.7 Å². The largest absolute Gasteiger partial charge is 0.492 e. The van der Waals surface area contributed by atoms with E-state index in [1.54, 1.807) is 12.3 Å². The Kier molecular flexibility index (Phi) is 7.19. The number of aromatic nitrogens is 2. The molecule has 0 bridgehead atoms. The minimum absolute atomic E-state index is 0.411. The number of likely N-dealkylation sites (N-methyl/N-ethyl adjacent to an activating group) is 1. The van der Waals surface area contributed by atoms with Crippen LogP contribution in [0.25, 0.3) is 0 Å². The average Bonchev–Trinajstić information content (AvgIpc) is 2.80. The number of piperazine rings is 1. The van der Waals surface area contributed by atoms with Crippen LogP contribution in [0.5, 0.6) is 5.75 Å². The number of benzene rings is 2. The summed E-state index contributed by atoms with van der Waals surface area (Å²) >= 11 is 12.5. The van der Waals surface area contributed by atoms with Gasteiger partial charge in [-0.15, -0.1) is 0 Å². The van der Waals surface area contributed by atoms with Gasteiger partial charge >= 0.3 is 0 Å². The molecule has 0 unspecified atom stereocenters. The van der Waals surface area contributed by atoms with E-state index in [1.165, 1.54) is 5.69 Å². The molecule has 0 radical (unpaired) electrons. The van der Waals surface area contributed by atoms with Crippen molar-refractivity contribution in [2.75, 3.05) is 55.4 Å². The van der Waals surface area contributed by atoms with Gasteiger partial charge in [0.1, 0.15) is 10.8 Å². The lowest BCUT2D eigenvalue weighted by Crippen LogP contribution is -2.44. The molecule has 0 saturated carbocycles. The SMILES string of the molecule is CCOc1cc(Nc2nc(Nc3ccc(N4CCN(C)CC4)cc3)ncc2Cl)ccc1Cl. The van der Waals surface area contributed by atoms with Gasteiger partial charge in [-0.3, -0.25) is 0 Å². The van der Waals surface area contributed by atoms with Crippen molar-refractivity contribution in [2.45, 2.75) is 6.92 Å². The second kappa shape index (κ2) is 10.3. The molecule has 1 aliphatic heterocycles. The summed E-state index contributed by atoms with van der Waals surface area (Å²) in [6, 6.07) is 13.7. The first kappa shape index (κ1) is 22.5. The van der Waals surface area contributed by atoms with Crippen LogP contribution in [-0.2, 0) is 0 Å². The summed E-state index contributed by atoms with van der Waals surface area (Å²) in [4.78, 5) is 13.6. The number of ether oxygens (including phenoxy) is 1. The molecule has 2 N–H and O–H groups in total. The van der Waals surface area contributed by atoms with E-state index in [4.69, 9.17) is 27.9 Å². The highest BCUT2D eigenvalue weighted by Crippen LogP contribution is 2.31. The topological polar surface area (TPSA) is 65.6 Å². The van der Waals surface area contributed by atoms with E-state index in [0.717, 1.165) is 37.6 Å². The van der Waals surface area contributed by atoms with Gasteiger partial charge in [-0.1, -0.05) is 23.2 Å². The highest BCUT2D eigenvalue weighted by atomic mass is 35.5. The van der Waals surface area contributed by atoms with Crippen LogP contribution in [0.1, 0.15) is 6.92 Å². The summed E-state index contributed by atoms with van der Waals surface area (Å²) in [5.74, 6) is 1.54. The molecule has 0 atom stereocenters. The maximum atomic E-state index is 6.32. The van der Waals surface area contributed by atoms with Crippen molar-refractivity contribution in [2.24, 2.45) is 0 Å². The second-order valence-corrected chi connectivity index (χ2v) is 8.37. The second-order valence-electron chi connectivity index (χ2n) is 7.56. The Morgan fingerprint density at radius 1 is 0.938 bits per heavy atom. The first-order chi connectivity index (χ1) is 15.5. The van der Waals surface area contributed by atoms with E-state index in [0.29, 0.717) is 34.2 Å². The molecule has 2 heterocycles. The van der Waals surface area contributed by atoms with Crippen LogP contribution in [0, 0.1) is 0 Å². The standard InChI is InChI=1S/C23H26Cl2N6O/c1-3-32-21-14-17(6-9-19(21)24)27-22-20(25)15-26-23(29-22)28-16-4-7-18(8-5-16)31-12-10-30(2)11-13-31/h4-9,14-15H,3,10-13H2,1-2H3,(H2,26,27,28,29). The fraction of sp³-hybridized carbons (Fsp3) is 0.304. The predicted octanol–water partition coefficient (Wildman–Crippen LogP) is 5.42. The van der Waals surface area contributed by atoms with Gasteiger partial charge in [-0.2, -0.15) is 4.98 Å². The average molecular weight is 473 g/mol. The van der Waals surface area contributed by atoms with Crippen molar-refractivity contribution in [3.63, 3.8) is 0 Å². The molecule has 0 amide bonds. The molecule has 1 fully saturated rings. The predicted molar refractivity (Wildman–Crippen MR) is 132 cm³/mol. The lowest BCUT2D eigenvalue weighted by atomic mass is 10.2. The van der Waals surface area contributed by atoms with Gasteiger partial charge in [0.25, 0.3) is 0 Å². The summed E-state index contributed by atoms with van der Waals surface area (Å²) in [5.41, 5.74) is 2.89. The molecular formula is C23H26Cl2N6O. The number of hydrogen-bond acceptors (Lipinski definition) is 7. The third-order valence-corrected chi connectivity index (χ3v) is 5.82. The van der Waals surface area contributed by atoms with Gasteiger partial charge in [0.15, 0.2) is 5.82 Å². The Morgan fingerprint density at radius 2 is 1.66 bits per heavy atom. The first-order valence-electron chi connectivity index (χ1n) is 10.5. The molecule has 0 spiro atoms. The van der Waals surface area contributed by atoms with Crippen LogP contribution in [0.15, 0.2) is 48.7 Å². The van der Waals surface area contributed by atoms with E-state index in [-0.39, 0.29) is 0 Å². The van der Waals surface area contributed by atoms with Crippen LogP contribution in [-0.4, -0.2) is 54.7 Å². The van der Waals surface area contributed by atoms with Crippen LogP contribution >= 0.6 is 23.2 Å². The molecule has 168 valence electrons. The maximum Gasteiger partial charge on any atom is 0.229 e. The fourth-order valence-corrected chi connectivity index (χ4v) is 3.76. The molecule has 4 rings (SSSR count). The van der Waals surface area contributed by atoms with E-state index in [2.05, 4.69) is 49.6 Å². The lowest BCUT2D eigenvalue weighted by Gasteiger charge is -2.34. The Hall–Kier alpha value is -2.74. The van der Waals surface area contributed by atoms with E-state index >= 15 is 0 Å². The number of anilines is 5. The van der Waals surface area contributed by atoms with Crippen LogP contribution in [0.2, 0.25) is 10.0 Å². The fourth-order valence-electron chi connectivity index (χ4n) is 3.45. The molecule has 3 aromatic rings. The summed E-state index contributed by atoms with van der Waals surface area (Å²) in [5, 5.41) is 7.41. The Morgan fingerprint density at radius 3 is 2.38 bits per heavy atom. The van der Waals surface area contributed by atoms with E-state index in [1.807, 2.05) is 31.2 Å². The van der Waals surface area contributed by atoms with Crippen molar-refractivity contribution in [3.8, 4) is 5.75 Å². The number of hydrogen-bond donors (Lipinski definition) is 2. The minimum Gasteiger partial charge on any atom is -0.492 e. The molecule has 1 aromatic heterocycles. The Bertz CT molecular complexity index is 1050. The van der Waals surface area contributed by atoms with E-state index < -0.39 is 0 Å². The zero-order chi connectivity index (χ0) is 22.5. The number of nitrogens with zero attached hydrogens (tertiary/aromatic N) is 4. The summed E-state index contributed by atoms with van der Waals surface area (Å²) in [6.07, 6.45) is 1.57. The Balaban J connectivity index is 1.45. The van der Waals surface area contributed by atoms with Gasteiger partial charge in [0.05, 0.1) is 17.8 Å². The molecule has 0 aliphatic carbocycles. The highest BCUT2D eigenvalue weighted by molar-refractivity contribution is 6.33. The lowest BCUT2D eigenvalue weighted by molar-refractivity contribution is 0.313. The normalized spacial score (nSPS) is 14.3. The molecule has 2 aromatic carbocycles. The van der Waals surface area contributed by atoms with Crippen molar-refractivity contribution >= 4 is 52.0 Å². The van der Waals surface area contributed by atoms with Crippen molar-refractivity contribution in [1.82, 2.24) is 14.9 Å². The highest BCUT2D eigenvalue weighted by Gasteiger charge is 2.14. The smallest absolute Gasteiger partial charge is 0.229 e. The van der Waals surface area contributed by atoms with Gasteiger partial charge in [0, 0.05) is 49.3 Å².